The first kappa shape index (κ1) is 22.6. The molecule has 0 saturated carbocycles. The molecule has 0 saturated heterocycles. The Kier molecular flexibility index (Phi) is 8.16. The lowest BCUT2D eigenvalue weighted by atomic mass is 10.2. The minimum absolute atomic E-state index is 0.000898. The van der Waals surface area contributed by atoms with Gasteiger partial charge in [0.1, 0.15) is 0 Å². The summed E-state index contributed by atoms with van der Waals surface area (Å²) in [7, 11) is 0. The van der Waals surface area contributed by atoms with Crippen molar-refractivity contribution in [2.75, 3.05) is 16.4 Å². The third kappa shape index (κ3) is 6.47. The minimum Gasteiger partial charge on any atom is -0.326 e. The van der Waals surface area contributed by atoms with Crippen LogP contribution in [0.5, 0.6) is 0 Å². The van der Waals surface area contributed by atoms with Crippen LogP contribution in [-0.4, -0.2) is 22.6 Å². The van der Waals surface area contributed by atoms with E-state index in [0.717, 1.165) is 28.3 Å². The average Bonchev–Trinajstić information content (AvgIpc) is 3.18. The van der Waals surface area contributed by atoms with Crippen molar-refractivity contribution in [3.05, 3.63) is 57.9 Å². The van der Waals surface area contributed by atoms with Gasteiger partial charge in [-0.25, -0.2) is 4.98 Å². The van der Waals surface area contributed by atoms with Crippen LogP contribution in [0.1, 0.15) is 19.8 Å². The van der Waals surface area contributed by atoms with E-state index in [0.29, 0.717) is 21.6 Å². The predicted molar refractivity (Wildman–Crippen MR) is 127 cm³/mol. The molecule has 0 atom stereocenters. The Labute approximate surface area is 193 Å². The summed E-state index contributed by atoms with van der Waals surface area (Å²) in [5.41, 5.74) is 2.31. The van der Waals surface area contributed by atoms with Crippen LogP contribution in [-0.2, 0) is 9.59 Å². The minimum atomic E-state index is -0.143. The monoisotopic (exact) mass is 479 g/mol. The normalized spacial score (nSPS) is 10.6. The zero-order chi connectivity index (χ0) is 21.5. The second-order valence-electron chi connectivity index (χ2n) is 6.33. The van der Waals surface area contributed by atoms with E-state index in [2.05, 4.69) is 15.6 Å². The Balaban J connectivity index is 1.51. The van der Waals surface area contributed by atoms with Crippen molar-refractivity contribution in [1.29, 1.82) is 0 Å². The van der Waals surface area contributed by atoms with Crippen LogP contribution in [0.2, 0.25) is 10.0 Å². The third-order valence-corrected chi connectivity index (χ3v) is 6.46. The standard InChI is InChI=1S/C21H19Cl2N3O2S2/c1-2-3-19(27)24-14-5-7-15(8-6-14)29-12-20(28)26-21-25-18(11-30-21)13-4-9-16(22)17(23)10-13/h4-11H,2-3,12H2,1H3,(H,24,27)(H,25,26,28). The molecule has 0 aliphatic heterocycles. The van der Waals surface area contributed by atoms with E-state index in [4.69, 9.17) is 23.2 Å². The summed E-state index contributed by atoms with van der Waals surface area (Å²) in [4.78, 5) is 29.3. The van der Waals surface area contributed by atoms with Crippen LogP contribution >= 0.6 is 46.3 Å². The fraction of sp³-hybridized carbons (Fsp3) is 0.190. The van der Waals surface area contributed by atoms with Gasteiger partial charge in [-0.15, -0.1) is 23.1 Å². The van der Waals surface area contributed by atoms with Crippen molar-refractivity contribution in [2.45, 2.75) is 24.7 Å². The zero-order valence-electron chi connectivity index (χ0n) is 16.1. The van der Waals surface area contributed by atoms with Gasteiger partial charge in [-0.1, -0.05) is 36.2 Å². The van der Waals surface area contributed by atoms with E-state index in [1.807, 2.05) is 42.6 Å². The molecule has 1 aromatic heterocycles. The number of amides is 2. The Bertz CT molecular complexity index is 1040. The van der Waals surface area contributed by atoms with Crippen molar-refractivity contribution in [2.24, 2.45) is 0 Å². The summed E-state index contributed by atoms with van der Waals surface area (Å²) in [6, 6.07) is 12.7. The van der Waals surface area contributed by atoms with Gasteiger partial charge < -0.3 is 10.6 Å². The van der Waals surface area contributed by atoms with Crippen LogP contribution in [0, 0.1) is 0 Å². The number of carbonyl (C=O) groups excluding carboxylic acids is 2. The molecule has 0 aliphatic carbocycles. The van der Waals surface area contributed by atoms with Crippen LogP contribution in [0.4, 0.5) is 10.8 Å². The number of carbonyl (C=O) groups is 2. The lowest BCUT2D eigenvalue weighted by molar-refractivity contribution is -0.116. The molecule has 0 unspecified atom stereocenters. The number of hydrogen-bond donors (Lipinski definition) is 2. The van der Waals surface area contributed by atoms with Crippen LogP contribution in [0.15, 0.2) is 52.7 Å². The largest absolute Gasteiger partial charge is 0.326 e. The maximum atomic E-state index is 12.3. The first-order chi connectivity index (χ1) is 14.4. The molecule has 30 heavy (non-hydrogen) atoms. The smallest absolute Gasteiger partial charge is 0.236 e. The number of halogens is 2. The van der Waals surface area contributed by atoms with Gasteiger partial charge in [0.05, 0.1) is 21.5 Å². The quantitative estimate of drug-likeness (QED) is 0.357. The predicted octanol–water partition coefficient (Wildman–Crippen LogP) is 6.59. The van der Waals surface area contributed by atoms with E-state index in [-0.39, 0.29) is 17.6 Å². The summed E-state index contributed by atoms with van der Waals surface area (Å²) in [5, 5.41) is 8.97. The molecule has 9 heteroatoms. The molecule has 5 nitrogen and oxygen atoms in total. The Morgan fingerprint density at radius 3 is 2.50 bits per heavy atom. The van der Waals surface area contributed by atoms with Gasteiger partial charge in [0.2, 0.25) is 11.8 Å². The van der Waals surface area contributed by atoms with Gasteiger partial charge >= 0.3 is 0 Å². The van der Waals surface area contributed by atoms with Gasteiger partial charge in [0.15, 0.2) is 5.13 Å². The van der Waals surface area contributed by atoms with Gasteiger partial charge in [-0.2, -0.15) is 0 Å². The molecule has 2 amide bonds. The maximum Gasteiger partial charge on any atom is 0.236 e. The topological polar surface area (TPSA) is 71.1 Å². The molecule has 1 heterocycles. The molecule has 2 aromatic carbocycles. The van der Waals surface area contributed by atoms with E-state index in [9.17, 15) is 9.59 Å². The Morgan fingerprint density at radius 2 is 1.80 bits per heavy atom. The summed E-state index contributed by atoms with van der Waals surface area (Å²) >= 11 is 14.8. The van der Waals surface area contributed by atoms with Crippen molar-refractivity contribution in [3.63, 3.8) is 0 Å². The van der Waals surface area contributed by atoms with Crippen molar-refractivity contribution < 1.29 is 9.59 Å². The second-order valence-corrected chi connectivity index (χ2v) is 9.05. The molecule has 0 spiro atoms. The maximum absolute atomic E-state index is 12.3. The molecule has 0 bridgehead atoms. The lowest BCUT2D eigenvalue weighted by Gasteiger charge is -2.06. The molecule has 3 rings (SSSR count). The highest BCUT2D eigenvalue weighted by atomic mass is 35.5. The van der Waals surface area contributed by atoms with Crippen molar-refractivity contribution >= 4 is 68.9 Å². The van der Waals surface area contributed by atoms with Gasteiger partial charge in [0, 0.05) is 27.9 Å². The highest BCUT2D eigenvalue weighted by Crippen LogP contribution is 2.30. The van der Waals surface area contributed by atoms with Gasteiger partial charge in [-0.05, 0) is 42.8 Å². The van der Waals surface area contributed by atoms with Crippen LogP contribution < -0.4 is 10.6 Å². The van der Waals surface area contributed by atoms with Gasteiger partial charge in [-0.3, -0.25) is 9.59 Å². The second kappa shape index (κ2) is 10.8. The molecular weight excluding hydrogens is 461 g/mol. The SMILES string of the molecule is CCCC(=O)Nc1ccc(SCC(=O)Nc2nc(-c3ccc(Cl)c(Cl)c3)cs2)cc1. The van der Waals surface area contributed by atoms with Crippen LogP contribution in [0.25, 0.3) is 11.3 Å². The summed E-state index contributed by atoms with van der Waals surface area (Å²) < 4.78 is 0. The van der Waals surface area contributed by atoms with Crippen LogP contribution in [0.3, 0.4) is 0 Å². The number of thiazole rings is 1. The number of hydrogen-bond acceptors (Lipinski definition) is 5. The number of thioether (sulfide) groups is 1. The fourth-order valence-electron chi connectivity index (χ4n) is 2.51. The lowest BCUT2D eigenvalue weighted by Crippen LogP contribution is -2.13. The molecular formula is C21H19Cl2N3O2S2. The molecule has 0 aliphatic rings. The number of nitrogens with zero attached hydrogens (tertiary/aromatic N) is 1. The fourth-order valence-corrected chi connectivity index (χ4v) is 4.24. The number of benzene rings is 2. The summed E-state index contributed by atoms with van der Waals surface area (Å²) in [6.07, 6.45) is 1.31. The molecule has 0 fully saturated rings. The average molecular weight is 480 g/mol. The molecule has 0 radical (unpaired) electrons. The number of rotatable bonds is 8. The highest BCUT2D eigenvalue weighted by Gasteiger charge is 2.10. The molecule has 3 aromatic rings. The molecule has 156 valence electrons. The molecule has 2 N–H and O–H groups in total. The Morgan fingerprint density at radius 1 is 1.03 bits per heavy atom. The summed E-state index contributed by atoms with van der Waals surface area (Å²) in [6.45, 7) is 1.96. The number of anilines is 2. The van der Waals surface area contributed by atoms with Gasteiger partial charge in [0.25, 0.3) is 0 Å². The highest BCUT2D eigenvalue weighted by molar-refractivity contribution is 8.00. The van der Waals surface area contributed by atoms with E-state index in [1.165, 1.54) is 23.1 Å². The zero-order valence-corrected chi connectivity index (χ0v) is 19.2. The number of nitrogens with one attached hydrogen (secondary N) is 2. The third-order valence-electron chi connectivity index (χ3n) is 3.95. The first-order valence-corrected chi connectivity index (χ1v) is 11.8. The van der Waals surface area contributed by atoms with E-state index in [1.54, 1.807) is 12.1 Å². The van der Waals surface area contributed by atoms with Crippen molar-refractivity contribution in [1.82, 2.24) is 4.98 Å². The van der Waals surface area contributed by atoms with Crippen molar-refractivity contribution in [3.8, 4) is 11.3 Å². The number of aromatic nitrogens is 1. The van der Waals surface area contributed by atoms with E-state index < -0.39 is 0 Å². The summed E-state index contributed by atoms with van der Waals surface area (Å²) in [5.74, 6) is 0.111. The first-order valence-electron chi connectivity index (χ1n) is 9.18. The Hall–Kier alpha value is -2.06. The van der Waals surface area contributed by atoms with E-state index >= 15 is 0 Å².